The van der Waals surface area contributed by atoms with Crippen LogP contribution in [0.25, 0.3) is 0 Å². The van der Waals surface area contributed by atoms with Gasteiger partial charge in [0.2, 0.25) is 6.79 Å². The van der Waals surface area contributed by atoms with Crippen LogP contribution in [0.2, 0.25) is 0 Å². The van der Waals surface area contributed by atoms with Crippen LogP contribution in [0, 0.1) is 10.1 Å². The highest BCUT2D eigenvalue weighted by atomic mass is 79.9. The minimum atomic E-state index is -0.537. The van der Waals surface area contributed by atoms with Crippen LogP contribution >= 0.6 is 15.9 Å². The van der Waals surface area contributed by atoms with Gasteiger partial charge in [0.05, 0.1) is 17.7 Å². The van der Waals surface area contributed by atoms with E-state index in [1.54, 1.807) is 12.1 Å². The Labute approximate surface area is 127 Å². The summed E-state index contributed by atoms with van der Waals surface area (Å²) in [7, 11) is 0. The molecule has 7 nitrogen and oxygen atoms in total. The average Bonchev–Trinajstić information content (AvgIpc) is 2.88. The van der Waals surface area contributed by atoms with Crippen molar-refractivity contribution in [3.63, 3.8) is 0 Å². The number of pyridine rings is 1. The first kappa shape index (κ1) is 13.6. The van der Waals surface area contributed by atoms with E-state index < -0.39 is 4.92 Å². The molecule has 1 aliphatic rings. The van der Waals surface area contributed by atoms with Crippen molar-refractivity contribution in [3.8, 4) is 11.5 Å². The minimum absolute atomic E-state index is 0.133. The fraction of sp³-hybridized carbons (Fsp3) is 0.154. The van der Waals surface area contributed by atoms with Gasteiger partial charge in [0.1, 0.15) is 0 Å². The smallest absolute Gasteiger partial charge is 0.285 e. The van der Waals surface area contributed by atoms with Gasteiger partial charge in [-0.25, -0.2) is 0 Å². The molecular weight excluding hydrogens is 344 g/mol. The summed E-state index contributed by atoms with van der Waals surface area (Å²) in [5.41, 5.74) is 0.318. The van der Waals surface area contributed by atoms with Crippen LogP contribution in [-0.2, 0) is 6.54 Å². The Kier molecular flexibility index (Phi) is 3.38. The number of nitrogens with zero attached hydrogens (tertiary/aromatic N) is 2. The van der Waals surface area contributed by atoms with Crippen LogP contribution in [-0.4, -0.2) is 16.3 Å². The highest BCUT2D eigenvalue weighted by Crippen LogP contribution is 2.37. The van der Waals surface area contributed by atoms with Crippen LogP contribution in [0.5, 0.6) is 11.5 Å². The molecule has 2 aromatic rings. The zero-order chi connectivity index (χ0) is 15.0. The van der Waals surface area contributed by atoms with Crippen molar-refractivity contribution < 1.29 is 14.4 Å². The lowest BCUT2D eigenvalue weighted by Gasteiger charge is -2.08. The van der Waals surface area contributed by atoms with E-state index in [1.165, 1.54) is 22.9 Å². The normalized spacial score (nSPS) is 12.4. The number of nitro groups is 1. The Hall–Kier alpha value is -2.35. The molecule has 108 valence electrons. The molecule has 0 bridgehead atoms. The summed E-state index contributed by atoms with van der Waals surface area (Å²) in [5.74, 6) is 1.21. The van der Waals surface area contributed by atoms with E-state index in [2.05, 4.69) is 15.9 Å². The largest absolute Gasteiger partial charge is 0.454 e. The van der Waals surface area contributed by atoms with Crippen molar-refractivity contribution in [3.05, 3.63) is 61.0 Å². The molecule has 3 rings (SSSR count). The van der Waals surface area contributed by atoms with E-state index >= 15 is 0 Å². The van der Waals surface area contributed by atoms with Crippen molar-refractivity contribution >= 4 is 21.6 Å². The van der Waals surface area contributed by atoms with Crippen molar-refractivity contribution in [1.82, 2.24) is 4.57 Å². The summed E-state index contributed by atoms with van der Waals surface area (Å²) in [6, 6.07) is 5.87. The maximum absolute atomic E-state index is 11.8. The summed E-state index contributed by atoms with van der Waals surface area (Å²) in [4.78, 5) is 22.1. The molecule has 0 radical (unpaired) electrons. The van der Waals surface area contributed by atoms with E-state index in [9.17, 15) is 14.9 Å². The Morgan fingerprint density at radius 2 is 2.00 bits per heavy atom. The van der Waals surface area contributed by atoms with Crippen molar-refractivity contribution in [1.29, 1.82) is 0 Å². The molecule has 0 unspecified atom stereocenters. The van der Waals surface area contributed by atoms with Crippen LogP contribution in [0.15, 0.2) is 39.7 Å². The van der Waals surface area contributed by atoms with Gasteiger partial charge in [-0.1, -0.05) is 15.9 Å². The van der Waals surface area contributed by atoms with Gasteiger partial charge in [-0.05, 0) is 17.7 Å². The first-order valence-electron chi connectivity index (χ1n) is 5.97. The quantitative estimate of drug-likeness (QED) is 0.625. The molecule has 8 heteroatoms. The predicted molar refractivity (Wildman–Crippen MR) is 76.7 cm³/mol. The molecule has 1 aromatic heterocycles. The third kappa shape index (κ3) is 2.62. The van der Waals surface area contributed by atoms with E-state index in [4.69, 9.17) is 9.47 Å². The van der Waals surface area contributed by atoms with Gasteiger partial charge in [-0.15, -0.1) is 0 Å². The van der Waals surface area contributed by atoms with Gasteiger partial charge in [-0.3, -0.25) is 14.9 Å². The lowest BCUT2D eigenvalue weighted by atomic mass is 10.2. The van der Waals surface area contributed by atoms with E-state index in [0.717, 1.165) is 10.0 Å². The third-order valence-corrected chi connectivity index (χ3v) is 3.80. The zero-order valence-electron chi connectivity index (χ0n) is 10.6. The molecule has 0 aliphatic carbocycles. The van der Waals surface area contributed by atoms with Gasteiger partial charge in [0.25, 0.3) is 11.2 Å². The minimum Gasteiger partial charge on any atom is -0.454 e. The fourth-order valence-corrected chi connectivity index (χ4v) is 2.46. The van der Waals surface area contributed by atoms with Gasteiger partial charge in [0, 0.05) is 16.6 Å². The van der Waals surface area contributed by atoms with Gasteiger partial charge in [-0.2, -0.15) is 0 Å². The number of hydrogen-bond donors (Lipinski definition) is 0. The third-order valence-electron chi connectivity index (χ3n) is 3.06. The number of benzene rings is 1. The highest BCUT2D eigenvalue weighted by Gasteiger charge is 2.17. The Morgan fingerprint density at radius 3 is 2.71 bits per heavy atom. The SMILES string of the molecule is O=c1ccc([N+](=O)[O-])cn1Cc1cc2c(cc1Br)OCO2. The van der Waals surface area contributed by atoms with Crippen LogP contribution in [0.1, 0.15) is 5.56 Å². The Balaban J connectivity index is 1.99. The Morgan fingerprint density at radius 1 is 1.29 bits per heavy atom. The van der Waals surface area contributed by atoms with E-state index in [1.807, 2.05) is 0 Å². The first-order valence-corrected chi connectivity index (χ1v) is 6.77. The monoisotopic (exact) mass is 352 g/mol. The second-order valence-corrected chi connectivity index (χ2v) is 5.26. The van der Waals surface area contributed by atoms with Crippen LogP contribution < -0.4 is 15.0 Å². The topological polar surface area (TPSA) is 83.6 Å². The molecule has 0 N–H and O–H groups in total. The molecule has 0 atom stereocenters. The zero-order valence-corrected chi connectivity index (χ0v) is 12.2. The highest BCUT2D eigenvalue weighted by molar-refractivity contribution is 9.10. The van der Waals surface area contributed by atoms with Crippen LogP contribution in [0.4, 0.5) is 5.69 Å². The fourth-order valence-electron chi connectivity index (χ4n) is 2.01. The second kappa shape index (κ2) is 5.21. The predicted octanol–water partition coefficient (Wildman–Crippen LogP) is 2.30. The van der Waals surface area contributed by atoms with Gasteiger partial charge < -0.3 is 14.0 Å². The van der Waals surface area contributed by atoms with E-state index in [-0.39, 0.29) is 24.6 Å². The molecule has 0 amide bonds. The maximum Gasteiger partial charge on any atom is 0.285 e. The summed E-state index contributed by atoms with van der Waals surface area (Å²) in [5, 5.41) is 10.8. The number of aromatic nitrogens is 1. The summed E-state index contributed by atoms with van der Waals surface area (Å²) >= 11 is 3.39. The molecule has 1 aliphatic heterocycles. The van der Waals surface area contributed by atoms with Crippen molar-refractivity contribution in [2.24, 2.45) is 0 Å². The summed E-state index contributed by atoms with van der Waals surface area (Å²) in [6.07, 6.45) is 1.22. The first-order chi connectivity index (χ1) is 10.0. The van der Waals surface area contributed by atoms with Crippen molar-refractivity contribution in [2.75, 3.05) is 6.79 Å². The summed E-state index contributed by atoms with van der Waals surface area (Å²) in [6.45, 7) is 0.347. The molecule has 0 fully saturated rings. The molecule has 0 saturated carbocycles. The number of hydrogen-bond acceptors (Lipinski definition) is 5. The number of fused-ring (bicyclic) bond motifs is 1. The van der Waals surface area contributed by atoms with Gasteiger partial charge >= 0.3 is 0 Å². The second-order valence-electron chi connectivity index (χ2n) is 4.41. The van der Waals surface area contributed by atoms with Gasteiger partial charge in [0.15, 0.2) is 11.5 Å². The maximum atomic E-state index is 11.8. The van der Waals surface area contributed by atoms with Crippen molar-refractivity contribution in [2.45, 2.75) is 6.54 Å². The standard InChI is InChI=1S/C13H9BrN2O5/c14-10-4-12-11(20-7-21-12)3-8(10)5-15-6-9(16(18)19)1-2-13(15)17/h1-4,6H,5,7H2. The molecule has 21 heavy (non-hydrogen) atoms. The Bertz CT molecular complexity index is 787. The molecular formula is C13H9BrN2O5. The van der Waals surface area contributed by atoms with E-state index in [0.29, 0.717) is 11.5 Å². The number of rotatable bonds is 3. The summed E-state index contributed by atoms with van der Waals surface area (Å²) < 4.78 is 12.6. The molecule has 2 heterocycles. The molecule has 0 saturated heterocycles. The number of ether oxygens (including phenoxy) is 2. The number of halogens is 1. The average molecular weight is 353 g/mol. The molecule has 1 aromatic carbocycles. The lowest BCUT2D eigenvalue weighted by molar-refractivity contribution is -0.385. The molecule has 0 spiro atoms. The van der Waals surface area contributed by atoms with Crippen LogP contribution in [0.3, 0.4) is 0 Å². The lowest BCUT2D eigenvalue weighted by Crippen LogP contribution is -2.19.